The molecule has 2 amide bonds. The third-order valence-corrected chi connectivity index (χ3v) is 2.90. The second kappa shape index (κ2) is 5.05. The lowest BCUT2D eigenvalue weighted by atomic mass is 10.1. The van der Waals surface area contributed by atoms with Gasteiger partial charge in [0.05, 0.1) is 11.8 Å². The summed E-state index contributed by atoms with van der Waals surface area (Å²) < 4.78 is 0. The topological polar surface area (TPSA) is 90.5 Å². The van der Waals surface area contributed by atoms with Crippen molar-refractivity contribution in [3.05, 3.63) is 29.8 Å². The molecule has 1 fully saturated rings. The Bertz CT molecular complexity index is 475. The predicted octanol–water partition coefficient (Wildman–Crippen LogP) is -0.455. The first-order chi connectivity index (χ1) is 8.59. The van der Waals surface area contributed by atoms with E-state index >= 15 is 0 Å². The lowest BCUT2D eigenvalue weighted by molar-refractivity contribution is -0.135. The highest BCUT2D eigenvalue weighted by molar-refractivity contribution is 6.02. The standard InChI is InChI=1S/C12H15N3O3/c1-7-4-2-3-5-8(7)14-15-12(18)10-9(16)6-13-11(10)17/h2-5,9-10,14,16H,6H2,1H3,(H,13,17)(H,15,18). The van der Waals surface area contributed by atoms with Crippen LogP contribution < -0.4 is 16.2 Å². The summed E-state index contributed by atoms with van der Waals surface area (Å²) in [6, 6.07) is 7.42. The molecule has 0 aliphatic carbocycles. The van der Waals surface area contributed by atoms with Gasteiger partial charge in [-0.2, -0.15) is 0 Å². The molecular formula is C12H15N3O3. The number of anilines is 1. The molecule has 1 aromatic rings. The minimum Gasteiger partial charge on any atom is -0.390 e. The monoisotopic (exact) mass is 249 g/mol. The first-order valence-corrected chi connectivity index (χ1v) is 5.67. The molecule has 4 N–H and O–H groups in total. The van der Waals surface area contributed by atoms with Crippen molar-refractivity contribution in [2.75, 3.05) is 12.0 Å². The molecule has 2 rings (SSSR count). The average molecular weight is 249 g/mol. The van der Waals surface area contributed by atoms with Gasteiger partial charge in [-0.05, 0) is 18.6 Å². The number of aliphatic hydroxyl groups excluding tert-OH is 1. The summed E-state index contributed by atoms with van der Waals surface area (Å²) in [5, 5.41) is 11.9. The number of rotatable bonds is 3. The van der Waals surface area contributed by atoms with Crippen LogP contribution in [0.2, 0.25) is 0 Å². The normalized spacial score (nSPS) is 22.4. The first kappa shape index (κ1) is 12.4. The maximum Gasteiger partial charge on any atom is 0.253 e. The van der Waals surface area contributed by atoms with Crippen molar-refractivity contribution >= 4 is 17.5 Å². The number of hydrogen-bond donors (Lipinski definition) is 4. The number of carbonyl (C=O) groups is 2. The number of benzene rings is 1. The van der Waals surface area contributed by atoms with E-state index in [0.717, 1.165) is 11.3 Å². The molecule has 6 heteroatoms. The van der Waals surface area contributed by atoms with Gasteiger partial charge in [0.2, 0.25) is 5.91 Å². The zero-order valence-electron chi connectivity index (χ0n) is 9.93. The van der Waals surface area contributed by atoms with Crippen LogP contribution in [0, 0.1) is 12.8 Å². The summed E-state index contributed by atoms with van der Waals surface area (Å²) in [4.78, 5) is 23.1. The fourth-order valence-electron chi connectivity index (χ4n) is 1.82. The van der Waals surface area contributed by atoms with E-state index in [2.05, 4.69) is 16.2 Å². The van der Waals surface area contributed by atoms with Gasteiger partial charge in [0.1, 0.15) is 5.92 Å². The van der Waals surface area contributed by atoms with Crippen LogP contribution >= 0.6 is 0 Å². The number of nitrogens with one attached hydrogen (secondary N) is 3. The Hall–Kier alpha value is -2.08. The molecule has 2 unspecified atom stereocenters. The Balaban J connectivity index is 1.97. The van der Waals surface area contributed by atoms with E-state index in [0.29, 0.717) is 0 Å². The second-order valence-corrected chi connectivity index (χ2v) is 4.22. The van der Waals surface area contributed by atoms with Crippen LogP contribution in [0.4, 0.5) is 5.69 Å². The van der Waals surface area contributed by atoms with Crippen molar-refractivity contribution in [3.8, 4) is 0 Å². The van der Waals surface area contributed by atoms with Crippen molar-refractivity contribution < 1.29 is 14.7 Å². The van der Waals surface area contributed by atoms with Crippen LogP contribution in [0.3, 0.4) is 0 Å². The van der Waals surface area contributed by atoms with E-state index in [9.17, 15) is 14.7 Å². The van der Waals surface area contributed by atoms with Gasteiger partial charge in [-0.1, -0.05) is 18.2 Å². The van der Waals surface area contributed by atoms with Gasteiger partial charge in [0, 0.05) is 6.54 Å². The lowest BCUT2D eigenvalue weighted by Crippen LogP contribution is -2.42. The molecule has 6 nitrogen and oxygen atoms in total. The molecule has 1 heterocycles. The number of hydrazine groups is 1. The second-order valence-electron chi connectivity index (χ2n) is 4.22. The Labute approximate surface area is 104 Å². The SMILES string of the molecule is Cc1ccccc1NNC(=O)C1C(=O)NCC1O. The Morgan fingerprint density at radius 3 is 2.78 bits per heavy atom. The number of hydrogen-bond acceptors (Lipinski definition) is 4. The molecule has 1 saturated heterocycles. The molecule has 96 valence electrons. The van der Waals surface area contributed by atoms with Gasteiger partial charge < -0.3 is 10.4 Å². The quantitative estimate of drug-likeness (QED) is 0.431. The van der Waals surface area contributed by atoms with Crippen molar-refractivity contribution in [1.82, 2.24) is 10.7 Å². The number of carbonyl (C=O) groups excluding carboxylic acids is 2. The van der Waals surface area contributed by atoms with E-state index in [1.54, 1.807) is 6.07 Å². The van der Waals surface area contributed by atoms with Gasteiger partial charge in [0.25, 0.3) is 5.91 Å². The molecule has 1 aliphatic rings. The van der Waals surface area contributed by atoms with Crippen molar-refractivity contribution in [2.45, 2.75) is 13.0 Å². The highest BCUT2D eigenvalue weighted by Crippen LogP contribution is 2.13. The molecule has 0 bridgehead atoms. The maximum atomic E-state index is 11.8. The Morgan fingerprint density at radius 1 is 1.44 bits per heavy atom. The van der Waals surface area contributed by atoms with Crippen LogP contribution in [-0.4, -0.2) is 29.6 Å². The summed E-state index contributed by atoms with van der Waals surface area (Å²) in [7, 11) is 0. The molecule has 0 saturated carbocycles. The predicted molar refractivity (Wildman–Crippen MR) is 65.5 cm³/mol. The summed E-state index contributed by atoms with van der Waals surface area (Å²) in [6.45, 7) is 2.01. The average Bonchev–Trinajstić information content (AvgIpc) is 2.68. The summed E-state index contributed by atoms with van der Waals surface area (Å²) in [5.74, 6) is -2.05. The third kappa shape index (κ3) is 2.43. The highest BCUT2D eigenvalue weighted by Gasteiger charge is 2.39. The van der Waals surface area contributed by atoms with Crippen LogP contribution in [0.15, 0.2) is 24.3 Å². The summed E-state index contributed by atoms with van der Waals surface area (Å²) in [6.07, 6.45) is -0.976. The molecule has 0 spiro atoms. The zero-order chi connectivity index (χ0) is 13.1. The van der Waals surface area contributed by atoms with Crippen LogP contribution in [-0.2, 0) is 9.59 Å². The van der Waals surface area contributed by atoms with Gasteiger partial charge in [-0.3, -0.25) is 20.4 Å². The van der Waals surface area contributed by atoms with Gasteiger partial charge in [-0.25, -0.2) is 0 Å². The minimum absolute atomic E-state index is 0.112. The van der Waals surface area contributed by atoms with E-state index in [4.69, 9.17) is 0 Å². The zero-order valence-corrected chi connectivity index (χ0v) is 9.93. The number of amides is 2. The molecular weight excluding hydrogens is 234 g/mol. The van der Waals surface area contributed by atoms with E-state index in [-0.39, 0.29) is 6.54 Å². The largest absolute Gasteiger partial charge is 0.390 e. The Morgan fingerprint density at radius 2 is 2.17 bits per heavy atom. The van der Waals surface area contributed by atoms with Crippen LogP contribution in [0.25, 0.3) is 0 Å². The first-order valence-electron chi connectivity index (χ1n) is 5.67. The molecule has 1 aliphatic heterocycles. The lowest BCUT2D eigenvalue weighted by Gasteiger charge is -2.14. The minimum atomic E-state index is -1.05. The van der Waals surface area contributed by atoms with Gasteiger partial charge in [0.15, 0.2) is 0 Å². The number of para-hydroxylation sites is 1. The van der Waals surface area contributed by atoms with Gasteiger partial charge >= 0.3 is 0 Å². The van der Waals surface area contributed by atoms with Crippen molar-refractivity contribution in [1.29, 1.82) is 0 Å². The highest BCUT2D eigenvalue weighted by atomic mass is 16.3. The van der Waals surface area contributed by atoms with Crippen LogP contribution in [0.5, 0.6) is 0 Å². The maximum absolute atomic E-state index is 11.8. The smallest absolute Gasteiger partial charge is 0.253 e. The van der Waals surface area contributed by atoms with E-state index < -0.39 is 23.8 Å². The van der Waals surface area contributed by atoms with Gasteiger partial charge in [-0.15, -0.1) is 0 Å². The van der Waals surface area contributed by atoms with E-state index in [1.165, 1.54) is 0 Å². The fourth-order valence-corrected chi connectivity index (χ4v) is 1.82. The molecule has 0 radical (unpaired) electrons. The molecule has 1 aromatic carbocycles. The van der Waals surface area contributed by atoms with Crippen molar-refractivity contribution in [3.63, 3.8) is 0 Å². The molecule has 18 heavy (non-hydrogen) atoms. The van der Waals surface area contributed by atoms with E-state index in [1.807, 2.05) is 25.1 Å². The third-order valence-electron chi connectivity index (χ3n) is 2.90. The Kier molecular flexibility index (Phi) is 3.47. The summed E-state index contributed by atoms with van der Waals surface area (Å²) in [5.41, 5.74) is 6.89. The molecule has 2 atom stereocenters. The number of aliphatic hydroxyl groups is 1. The van der Waals surface area contributed by atoms with Crippen LogP contribution in [0.1, 0.15) is 5.56 Å². The van der Waals surface area contributed by atoms with Crippen molar-refractivity contribution in [2.24, 2.45) is 5.92 Å². The number of aryl methyl sites for hydroxylation is 1. The molecule has 0 aromatic heterocycles. The fraction of sp³-hybridized carbons (Fsp3) is 0.333. The summed E-state index contributed by atoms with van der Waals surface area (Å²) >= 11 is 0. The number of β-amino-alcohol motifs (C(OH)–C–C–N with tert-alkyl or cyclic N) is 1.